The number of ether oxygens (including phenoxy) is 1. The molecule has 4 aliphatic heterocycles. The third kappa shape index (κ3) is 3.12. The molecule has 4 fully saturated rings. The minimum atomic E-state index is -0.507. The summed E-state index contributed by atoms with van der Waals surface area (Å²) >= 11 is 0. The fourth-order valence-electron chi connectivity index (χ4n) is 6.56. The van der Waals surface area contributed by atoms with Crippen LogP contribution in [0.1, 0.15) is 72.8 Å². The van der Waals surface area contributed by atoms with Crippen molar-refractivity contribution in [3.05, 3.63) is 23.8 Å². The number of fused-ring (bicyclic) bond motifs is 3. The SMILES string of the molecule is CC1(C)C(=O)N(C2CC(N3C4CCC3COC4)C2)c2cc(B3OC(C)(C)C(C)(C)O3)ccc21. The highest BCUT2D eigenvalue weighted by molar-refractivity contribution is 6.62. The Morgan fingerprint density at radius 3 is 2.09 bits per heavy atom. The molecule has 0 spiro atoms. The van der Waals surface area contributed by atoms with Crippen molar-refractivity contribution in [1.82, 2.24) is 4.90 Å². The molecule has 1 aromatic carbocycles. The molecule has 2 unspecified atom stereocenters. The van der Waals surface area contributed by atoms with E-state index >= 15 is 0 Å². The maximum Gasteiger partial charge on any atom is 0.494 e. The van der Waals surface area contributed by atoms with Crippen LogP contribution < -0.4 is 10.4 Å². The topological polar surface area (TPSA) is 51.2 Å². The number of carbonyl (C=O) groups excluding carboxylic acids is 1. The van der Waals surface area contributed by atoms with Crippen LogP contribution in [0, 0.1) is 0 Å². The van der Waals surface area contributed by atoms with Crippen LogP contribution in [0.4, 0.5) is 5.69 Å². The Morgan fingerprint density at radius 2 is 1.48 bits per heavy atom. The summed E-state index contributed by atoms with van der Waals surface area (Å²) in [7, 11) is -0.418. The fourth-order valence-corrected chi connectivity index (χ4v) is 6.56. The minimum absolute atomic E-state index is 0.219. The first-order chi connectivity index (χ1) is 15.5. The summed E-state index contributed by atoms with van der Waals surface area (Å²) in [5.41, 5.74) is 1.87. The lowest BCUT2D eigenvalue weighted by Crippen LogP contribution is -2.61. The summed E-state index contributed by atoms with van der Waals surface area (Å²) in [6.07, 6.45) is 4.60. The van der Waals surface area contributed by atoms with Gasteiger partial charge in [0.2, 0.25) is 5.91 Å². The number of carbonyl (C=O) groups is 1. The summed E-state index contributed by atoms with van der Waals surface area (Å²) in [6.45, 7) is 14.2. The lowest BCUT2D eigenvalue weighted by atomic mass is 9.76. The van der Waals surface area contributed by atoms with E-state index in [0.717, 1.165) is 42.8 Å². The molecule has 1 aromatic rings. The smallest absolute Gasteiger partial charge is 0.399 e. The average molecular weight is 452 g/mol. The molecule has 0 aromatic heterocycles. The first-order valence-corrected chi connectivity index (χ1v) is 12.7. The zero-order valence-electron chi connectivity index (χ0n) is 20.9. The second kappa shape index (κ2) is 7.06. The van der Waals surface area contributed by atoms with Crippen LogP contribution >= 0.6 is 0 Å². The van der Waals surface area contributed by atoms with E-state index in [1.54, 1.807) is 0 Å². The standard InChI is InChI=1S/C26H37BN2O4/c1-24(2)21-10-7-16(27-32-25(3,4)26(5,6)33-27)11-22(21)29(23(24)30)20-12-19(13-20)28-17-8-9-18(28)15-31-14-17/h7,10-11,17-20H,8-9,12-15H2,1-6H3. The van der Waals surface area contributed by atoms with E-state index in [9.17, 15) is 4.79 Å². The second-order valence-corrected chi connectivity index (χ2v) is 12.3. The van der Waals surface area contributed by atoms with E-state index < -0.39 is 12.5 Å². The molecule has 0 radical (unpaired) electrons. The van der Waals surface area contributed by atoms with Gasteiger partial charge in [-0.15, -0.1) is 0 Å². The van der Waals surface area contributed by atoms with Crippen molar-refractivity contribution in [1.29, 1.82) is 0 Å². The van der Waals surface area contributed by atoms with Crippen LogP contribution in [-0.2, 0) is 24.3 Å². The van der Waals surface area contributed by atoms with Gasteiger partial charge < -0.3 is 18.9 Å². The Labute approximate surface area is 198 Å². The number of anilines is 1. The quantitative estimate of drug-likeness (QED) is 0.661. The van der Waals surface area contributed by atoms with Crippen molar-refractivity contribution in [3.63, 3.8) is 0 Å². The third-order valence-electron chi connectivity index (χ3n) is 9.41. The highest BCUT2D eigenvalue weighted by Crippen LogP contribution is 2.48. The number of hydrogen-bond acceptors (Lipinski definition) is 5. The third-order valence-corrected chi connectivity index (χ3v) is 9.41. The van der Waals surface area contributed by atoms with Gasteiger partial charge in [-0.3, -0.25) is 9.69 Å². The highest BCUT2D eigenvalue weighted by atomic mass is 16.7. The van der Waals surface area contributed by atoms with Crippen molar-refractivity contribution >= 4 is 24.2 Å². The molecule has 6 rings (SSSR count). The van der Waals surface area contributed by atoms with E-state index in [2.05, 4.69) is 69.5 Å². The Kier molecular flexibility index (Phi) is 4.73. The molecule has 0 N–H and O–H groups in total. The molecule has 178 valence electrons. The van der Waals surface area contributed by atoms with E-state index in [-0.39, 0.29) is 23.2 Å². The number of nitrogens with zero attached hydrogens (tertiary/aromatic N) is 2. The number of morpholine rings is 1. The number of benzene rings is 1. The van der Waals surface area contributed by atoms with E-state index in [1.165, 1.54) is 12.8 Å². The molecule has 7 heteroatoms. The molecule has 2 bridgehead atoms. The molecule has 1 aliphatic carbocycles. The number of amides is 1. The van der Waals surface area contributed by atoms with Gasteiger partial charge in [0.1, 0.15) is 0 Å². The van der Waals surface area contributed by atoms with Gasteiger partial charge in [0.15, 0.2) is 0 Å². The largest absolute Gasteiger partial charge is 0.494 e. The van der Waals surface area contributed by atoms with E-state index in [0.29, 0.717) is 18.1 Å². The molecule has 1 amide bonds. The van der Waals surface area contributed by atoms with Crippen molar-refractivity contribution < 1.29 is 18.8 Å². The molecule has 6 nitrogen and oxygen atoms in total. The molecular weight excluding hydrogens is 415 g/mol. The normalized spacial score (nSPS) is 36.2. The summed E-state index contributed by atoms with van der Waals surface area (Å²) in [5, 5.41) is 0. The molecule has 5 aliphatic rings. The predicted octanol–water partition coefficient (Wildman–Crippen LogP) is 3.00. The zero-order valence-corrected chi connectivity index (χ0v) is 20.9. The number of rotatable bonds is 3. The minimum Gasteiger partial charge on any atom is -0.399 e. The van der Waals surface area contributed by atoms with Crippen molar-refractivity contribution in [2.75, 3.05) is 18.1 Å². The van der Waals surface area contributed by atoms with Crippen molar-refractivity contribution in [2.45, 2.75) is 108 Å². The van der Waals surface area contributed by atoms with Gasteiger partial charge in [-0.25, -0.2) is 0 Å². The van der Waals surface area contributed by atoms with Crippen LogP contribution in [-0.4, -0.2) is 66.5 Å². The maximum absolute atomic E-state index is 13.6. The van der Waals surface area contributed by atoms with E-state index in [1.807, 2.05) is 0 Å². The number of hydrogen-bond donors (Lipinski definition) is 0. The molecule has 2 atom stereocenters. The lowest BCUT2D eigenvalue weighted by molar-refractivity contribution is -0.123. The Balaban J connectivity index is 1.26. The zero-order chi connectivity index (χ0) is 23.3. The molecule has 3 saturated heterocycles. The predicted molar refractivity (Wildman–Crippen MR) is 129 cm³/mol. The van der Waals surface area contributed by atoms with Gasteiger partial charge >= 0.3 is 7.12 Å². The van der Waals surface area contributed by atoms with Gasteiger partial charge in [0.05, 0.1) is 29.8 Å². The first-order valence-electron chi connectivity index (χ1n) is 12.7. The van der Waals surface area contributed by atoms with Crippen molar-refractivity contribution in [2.24, 2.45) is 0 Å². The summed E-state index contributed by atoms with van der Waals surface area (Å²) in [4.78, 5) is 18.4. The molecule has 1 saturated carbocycles. The van der Waals surface area contributed by atoms with E-state index in [4.69, 9.17) is 14.0 Å². The Morgan fingerprint density at radius 1 is 0.879 bits per heavy atom. The first kappa shape index (κ1) is 22.1. The highest BCUT2D eigenvalue weighted by Gasteiger charge is 2.55. The van der Waals surface area contributed by atoms with Gasteiger partial charge in [0.25, 0.3) is 0 Å². The van der Waals surface area contributed by atoms with Crippen LogP contribution in [0.2, 0.25) is 0 Å². The van der Waals surface area contributed by atoms with Crippen LogP contribution in [0.5, 0.6) is 0 Å². The Hall–Kier alpha value is -1.41. The van der Waals surface area contributed by atoms with Gasteiger partial charge in [-0.2, -0.15) is 0 Å². The Bertz CT molecular complexity index is 955. The van der Waals surface area contributed by atoms with Crippen molar-refractivity contribution in [3.8, 4) is 0 Å². The van der Waals surface area contributed by atoms with Crippen LogP contribution in [0.15, 0.2) is 18.2 Å². The van der Waals surface area contributed by atoms with Gasteiger partial charge in [0, 0.05) is 29.9 Å². The average Bonchev–Trinajstić information content (AvgIpc) is 3.16. The summed E-state index contributed by atoms with van der Waals surface area (Å²) < 4.78 is 18.4. The summed E-state index contributed by atoms with van der Waals surface area (Å²) in [5.74, 6) is 0.219. The maximum atomic E-state index is 13.6. The van der Waals surface area contributed by atoms with Crippen LogP contribution in [0.3, 0.4) is 0 Å². The molecular formula is C26H37BN2O4. The summed E-state index contributed by atoms with van der Waals surface area (Å²) in [6, 6.07) is 8.32. The van der Waals surface area contributed by atoms with Gasteiger partial charge in [-0.1, -0.05) is 12.1 Å². The van der Waals surface area contributed by atoms with Crippen LogP contribution in [0.25, 0.3) is 0 Å². The molecule has 4 heterocycles. The monoisotopic (exact) mass is 452 g/mol. The molecule has 33 heavy (non-hydrogen) atoms. The fraction of sp³-hybridized carbons (Fsp3) is 0.731. The lowest BCUT2D eigenvalue weighted by Gasteiger charge is -2.50. The second-order valence-electron chi connectivity index (χ2n) is 12.3. The van der Waals surface area contributed by atoms with Gasteiger partial charge in [-0.05, 0) is 84.3 Å².